The van der Waals surface area contributed by atoms with Gasteiger partial charge in [0, 0.05) is 16.5 Å². The molecule has 9 nitrogen and oxygen atoms in total. The Kier molecular flexibility index (Phi) is 5.95. The Balaban J connectivity index is 1.66. The molecule has 182 valence electrons. The van der Waals surface area contributed by atoms with Crippen molar-refractivity contribution in [1.29, 1.82) is 0 Å². The first kappa shape index (κ1) is 23.2. The summed E-state index contributed by atoms with van der Waals surface area (Å²) in [4.78, 5) is 17.2. The van der Waals surface area contributed by atoms with E-state index in [1.807, 2.05) is 43.5 Å². The number of aromatic hydroxyl groups is 3. The minimum atomic E-state index is -0.625. The van der Waals surface area contributed by atoms with E-state index in [9.17, 15) is 20.1 Å². The summed E-state index contributed by atoms with van der Waals surface area (Å²) in [5.41, 5.74) is 5.13. The van der Waals surface area contributed by atoms with Crippen LogP contribution in [0, 0.1) is 13.8 Å². The molecule has 0 radical (unpaired) electrons. The van der Waals surface area contributed by atoms with Gasteiger partial charge in [0.1, 0.15) is 5.75 Å². The number of aryl methyl sites for hydroxylation is 2. The maximum atomic E-state index is 11.8. The molecule has 0 saturated carbocycles. The average molecular weight is 503 g/mol. The third-order valence-corrected chi connectivity index (χ3v) is 6.45. The fourth-order valence-electron chi connectivity index (χ4n) is 3.77. The van der Waals surface area contributed by atoms with E-state index < -0.39 is 17.2 Å². The number of aromatic nitrogens is 1. The zero-order chi connectivity index (χ0) is 25.4. The van der Waals surface area contributed by atoms with Gasteiger partial charge in [-0.25, -0.2) is 9.67 Å². The normalized spacial score (nSPS) is 13.5. The number of benzene rings is 3. The molecular formula is C26H22N4O5S. The van der Waals surface area contributed by atoms with Crippen molar-refractivity contribution in [2.24, 2.45) is 10.1 Å². The van der Waals surface area contributed by atoms with E-state index in [1.165, 1.54) is 29.7 Å². The number of carbonyl (C=O) groups excluding carboxylic acids is 1. The lowest BCUT2D eigenvalue weighted by atomic mass is 10.1. The highest BCUT2D eigenvalue weighted by molar-refractivity contribution is 7.07. The number of nitrogens with one attached hydrogen (secondary N) is 1. The molecular weight excluding hydrogens is 480 g/mol. The summed E-state index contributed by atoms with van der Waals surface area (Å²) in [6, 6.07) is 14.1. The Bertz CT molecular complexity index is 1600. The van der Waals surface area contributed by atoms with Crippen LogP contribution in [0.1, 0.15) is 16.7 Å². The molecule has 1 aromatic heterocycles. The fourth-order valence-corrected chi connectivity index (χ4v) is 4.62. The molecule has 0 bridgehead atoms. The van der Waals surface area contributed by atoms with E-state index >= 15 is 0 Å². The summed E-state index contributed by atoms with van der Waals surface area (Å²) in [5, 5.41) is 39.0. The number of carbonyl (C=O) groups is 1. The minimum Gasteiger partial charge on any atom is -0.504 e. The molecule has 0 unspecified atom stereocenters. The quantitative estimate of drug-likeness (QED) is 0.243. The Morgan fingerprint density at radius 1 is 1.06 bits per heavy atom. The topological polar surface area (TPSA) is 129 Å². The van der Waals surface area contributed by atoms with E-state index in [-0.39, 0.29) is 18.1 Å². The van der Waals surface area contributed by atoms with Gasteiger partial charge in [-0.15, -0.1) is 11.3 Å². The highest BCUT2D eigenvalue weighted by Crippen LogP contribution is 2.36. The van der Waals surface area contributed by atoms with E-state index in [1.54, 1.807) is 16.8 Å². The number of phenols is 3. The van der Waals surface area contributed by atoms with Crippen molar-refractivity contribution in [2.75, 3.05) is 11.9 Å². The van der Waals surface area contributed by atoms with Crippen LogP contribution in [0.4, 0.5) is 11.4 Å². The number of hydrogen-bond donors (Lipinski definition) is 4. The van der Waals surface area contributed by atoms with Crippen LogP contribution >= 0.6 is 11.3 Å². The smallest absolute Gasteiger partial charge is 0.262 e. The molecule has 0 atom stereocenters. The van der Waals surface area contributed by atoms with Gasteiger partial charge in [0.2, 0.25) is 10.6 Å². The largest absolute Gasteiger partial charge is 0.504 e. The van der Waals surface area contributed by atoms with Crippen molar-refractivity contribution < 1.29 is 24.9 Å². The lowest BCUT2D eigenvalue weighted by Gasteiger charge is -2.18. The molecule has 1 aliphatic rings. The lowest BCUT2D eigenvalue weighted by molar-refractivity contribution is -0.118. The predicted octanol–water partition coefficient (Wildman–Crippen LogP) is 4.40. The zero-order valence-corrected chi connectivity index (χ0v) is 20.2. The number of phenolic OH excluding ortho intramolecular Hbond substituents is 3. The first-order valence-corrected chi connectivity index (χ1v) is 11.9. The van der Waals surface area contributed by atoms with Crippen molar-refractivity contribution in [3.05, 3.63) is 75.4 Å². The van der Waals surface area contributed by atoms with Gasteiger partial charge in [0.25, 0.3) is 5.91 Å². The molecule has 2 heterocycles. The van der Waals surface area contributed by atoms with Crippen molar-refractivity contribution >= 4 is 34.8 Å². The van der Waals surface area contributed by atoms with Crippen molar-refractivity contribution in [2.45, 2.75) is 13.8 Å². The molecule has 3 aromatic carbocycles. The van der Waals surface area contributed by atoms with E-state index in [0.717, 1.165) is 22.4 Å². The van der Waals surface area contributed by atoms with Gasteiger partial charge >= 0.3 is 0 Å². The summed E-state index contributed by atoms with van der Waals surface area (Å²) >= 11 is 1.37. The highest BCUT2D eigenvalue weighted by atomic mass is 32.1. The third kappa shape index (κ3) is 4.41. The number of amides is 1. The number of fused-ring (bicyclic) bond motifs is 1. The van der Waals surface area contributed by atoms with Gasteiger partial charge in [-0.3, -0.25) is 4.79 Å². The summed E-state index contributed by atoms with van der Waals surface area (Å²) < 4.78 is 7.08. The van der Waals surface area contributed by atoms with Crippen LogP contribution in [0.25, 0.3) is 11.3 Å². The molecule has 0 saturated heterocycles. The summed E-state index contributed by atoms with van der Waals surface area (Å²) in [6.07, 6.45) is 1.37. The van der Waals surface area contributed by atoms with Gasteiger partial charge < -0.3 is 25.4 Å². The maximum absolute atomic E-state index is 11.8. The zero-order valence-electron chi connectivity index (χ0n) is 19.4. The number of ether oxygens (including phenoxy) is 1. The molecule has 4 aromatic rings. The van der Waals surface area contributed by atoms with E-state index in [0.29, 0.717) is 21.9 Å². The standard InChI is InChI=1S/C26H22N4O5S/c1-14-3-6-18(15(2)9-14)29-26-30(27-11-17-4-7-21(31)25(34)24(17)33)20(13-36-26)16-5-8-22-19(10-16)28-23(32)12-35-22/h3-11,13,31,33-34H,12H2,1-2H3,(H,28,32). The van der Waals surface area contributed by atoms with Crippen LogP contribution < -0.4 is 14.9 Å². The number of anilines is 1. The third-order valence-electron chi connectivity index (χ3n) is 5.64. The van der Waals surface area contributed by atoms with Crippen molar-refractivity contribution in [3.63, 3.8) is 0 Å². The van der Waals surface area contributed by atoms with E-state index in [4.69, 9.17) is 9.73 Å². The van der Waals surface area contributed by atoms with E-state index in [2.05, 4.69) is 10.4 Å². The van der Waals surface area contributed by atoms with Crippen LogP contribution in [0.15, 0.2) is 64.0 Å². The van der Waals surface area contributed by atoms with Crippen molar-refractivity contribution in [1.82, 2.24) is 4.68 Å². The Hall–Kier alpha value is -4.57. The second kappa shape index (κ2) is 9.23. The SMILES string of the molecule is Cc1ccc(N=c2scc(-c3ccc4c(c3)NC(=O)CO4)n2N=Cc2ccc(O)c(O)c2O)c(C)c1. The number of thiazole rings is 1. The number of nitrogens with zero attached hydrogens (tertiary/aromatic N) is 3. The summed E-state index contributed by atoms with van der Waals surface area (Å²) in [6.45, 7) is 3.97. The summed E-state index contributed by atoms with van der Waals surface area (Å²) in [5.74, 6) is -1.20. The monoisotopic (exact) mass is 502 g/mol. The van der Waals surface area contributed by atoms with Crippen LogP contribution in [0.2, 0.25) is 0 Å². The Labute approximate surface area is 209 Å². The Morgan fingerprint density at radius 2 is 1.89 bits per heavy atom. The lowest BCUT2D eigenvalue weighted by Crippen LogP contribution is -2.25. The molecule has 0 fully saturated rings. The van der Waals surface area contributed by atoms with Crippen molar-refractivity contribution in [3.8, 4) is 34.3 Å². The molecule has 0 spiro atoms. The molecule has 1 amide bonds. The highest BCUT2D eigenvalue weighted by Gasteiger charge is 2.18. The second-order valence-electron chi connectivity index (χ2n) is 8.28. The first-order chi connectivity index (χ1) is 17.3. The van der Waals surface area contributed by atoms with Crippen LogP contribution in [0.3, 0.4) is 0 Å². The van der Waals surface area contributed by atoms with Gasteiger partial charge in [-0.2, -0.15) is 5.10 Å². The van der Waals surface area contributed by atoms with Gasteiger partial charge in [0.05, 0.1) is 23.3 Å². The molecule has 36 heavy (non-hydrogen) atoms. The Morgan fingerprint density at radius 3 is 2.69 bits per heavy atom. The fraction of sp³-hybridized carbons (Fsp3) is 0.115. The molecule has 4 N–H and O–H groups in total. The average Bonchev–Trinajstić information content (AvgIpc) is 3.25. The van der Waals surface area contributed by atoms with Gasteiger partial charge in [-0.1, -0.05) is 17.7 Å². The molecule has 10 heteroatoms. The first-order valence-electron chi connectivity index (χ1n) is 11.0. The molecule has 0 aliphatic carbocycles. The number of rotatable bonds is 4. The van der Waals surface area contributed by atoms with Crippen LogP contribution in [-0.4, -0.2) is 38.7 Å². The second-order valence-corrected chi connectivity index (χ2v) is 9.12. The molecule has 5 rings (SSSR count). The van der Waals surface area contributed by atoms with Crippen LogP contribution in [0.5, 0.6) is 23.0 Å². The molecule has 1 aliphatic heterocycles. The van der Waals surface area contributed by atoms with Gasteiger partial charge in [-0.05, 0) is 55.8 Å². The predicted molar refractivity (Wildman–Crippen MR) is 137 cm³/mol. The van der Waals surface area contributed by atoms with Crippen LogP contribution in [-0.2, 0) is 4.79 Å². The number of hydrogen-bond acceptors (Lipinski definition) is 8. The van der Waals surface area contributed by atoms with Gasteiger partial charge in [0.15, 0.2) is 18.1 Å². The maximum Gasteiger partial charge on any atom is 0.262 e. The minimum absolute atomic E-state index is 0.0308. The summed E-state index contributed by atoms with van der Waals surface area (Å²) in [7, 11) is 0.